The molecule has 226 valence electrons. The summed E-state index contributed by atoms with van der Waals surface area (Å²) in [4.78, 5) is 52.7. The number of aliphatic carboxylic acids is 1. The maximum absolute atomic E-state index is 14.2. The number of carbonyl (C=O) groups excluding carboxylic acids is 1. The maximum Gasteiger partial charge on any atom is 0.313 e. The molecule has 0 atom stereocenters. The van der Waals surface area contributed by atoms with Crippen LogP contribution in [0, 0.1) is 0 Å². The number of aromatic hydroxyl groups is 2. The summed E-state index contributed by atoms with van der Waals surface area (Å²) < 4.78 is 22.9. The van der Waals surface area contributed by atoms with Gasteiger partial charge in [-0.15, -0.1) is 11.8 Å². The lowest BCUT2D eigenvalue weighted by Gasteiger charge is -2.24. The number of ether oxygens (including phenoxy) is 4. The SMILES string of the molecule is COc1c(O)c2c(=O)cc(OC)c3c4c(OC)c(SCC(=O)O)c(=O)c5c(O)c(OC)c6c(c(c1C(C(C)=O)=C(C)C6)c23)c54. The van der Waals surface area contributed by atoms with Gasteiger partial charge in [0.2, 0.25) is 5.43 Å². The van der Waals surface area contributed by atoms with E-state index in [1.165, 1.54) is 41.4 Å². The molecule has 5 aromatic carbocycles. The predicted octanol–water partition coefficient (Wildman–Crippen LogP) is 4.44. The number of benzene rings is 5. The largest absolute Gasteiger partial charge is 0.504 e. The summed E-state index contributed by atoms with van der Waals surface area (Å²) in [5.74, 6) is -3.05. The van der Waals surface area contributed by atoms with Gasteiger partial charge in [-0.2, -0.15) is 0 Å². The van der Waals surface area contributed by atoms with Crippen molar-refractivity contribution in [3.63, 3.8) is 0 Å². The first-order valence-electron chi connectivity index (χ1n) is 13.3. The molecule has 0 saturated carbocycles. The molecule has 0 radical (unpaired) electrons. The number of allylic oxidation sites excluding steroid dienone is 2. The summed E-state index contributed by atoms with van der Waals surface area (Å²) in [6.45, 7) is 3.10. The minimum atomic E-state index is -1.19. The molecule has 0 saturated heterocycles. The van der Waals surface area contributed by atoms with E-state index in [1.54, 1.807) is 6.92 Å². The van der Waals surface area contributed by atoms with Gasteiger partial charge in [0, 0.05) is 49.7 Å². The van der Waals surface area contributed by atoms with Crippen LogP contribution in [0.1, 0.15) is 25.0 Å². The molecule has 0 bridgehead atoms. The van der Waals surface area contributed by atoms with Crippen molar-refractivity contribution in [2.45, 2.75) is 25.2 Å². The fraction of sp³-hybridized carbons (Fsp3) is 0.250. The Morgan fingerprint density at radius 3 is 1.98 bits per heavy atom. The lowest BCUT2D eigenvalue weighted by Crippen LogP contribution is -2.13. The third-order valence-corrected chi connectivity index (χ3v) is 9.27. The second-order valence-electron chi connectivity index (χ2n) is 10.5. The molecule has 12 heteroatoms. The molecule has 6 rings (SSSR count). The van der Waals surface area contributed by atoms with Gasteiger partial charge in [0.25, 0.3) is 0 Å². The number of hydrogen-bond donors (Lipinski definition) is 3. The number of carboxylic acids is 1. The topological polar surface area (TPSA) is 166 Å². The Balaban J connectivity index is 2.15. The van der Waals surface area contributed by atoms with Gasteiger partial charge in [-0.25, -0.2) is 0 Å². The number of carboxylic acid groups (broad SMARTS) is 1. The van der Waals surface area contributed by atoms with Gasteiger partial charge in [-0.3, -0.25) is 19.2 Å². The first kappa shape index (κ1) is 29.1. The Kier molecular flexibility index (Phi) is 6.65. The zero-order chi connectivity index (χ0) is 31.9. The third kappa shape index (κ3) is 3.57. The smallest absolute Gasteiger partial charge is 0.313 e. The van der Waals surface area contributed by atoms with Crippen molar-refractivity contribution in [1.82, 2.24) is 0 Å². The van der Waals surface area contributed by atoms with Gasteiger partial charge in [0.05, 0.1) is 49.9 Å². The summed E-state index contributed by atoms with van der Waals surface area (Å²) in [7, 11) is 5.31. The van der Waals surface area contributed by atoms with Crippen molar-refractivity contribution in [1.29, 1.82) is 0 Å². The van der Waals surface area contributed by atoms with Crippen LogP contribution in [0.15, 0.2) is 26.1 Å². The Morgan fingerprint density at radius 1 is 0.795 bits per heavy atom. The molecule has 5 aromatic rings. The van der Waals surface area contributed by atoms with Crippen LogP contribution in [0.25, 0.3) is 48.7 Å². The Morgan fingerprint density at radius 2 is 1.41 bits per heavy atom. The molecule has 1 aliphatic carbocycles. The van der Waals surface area contributed by atoms with E-state index in [0.29, 0.717) is 33.7 Å². The lowest BCUT2D eigenvalue weighted by molar-refractivity contribution is -0.133. The number of fused-ring (bicyclic) bond motifs is 1. The van der Waals surface area contributed by atoms with Crippen molar-refractivity contribution >= 4 is 72.2 Å². The van der Waals surface area contributed by atoms with Gasteiger partial charge in [0.1, 0.15) is 11.5 Å². The molecule has 0 aromatic heterocycles. The molecule has 0 aliphatic heterocycles. The number of carbonyl (C=O) groups is 2. The van der Waals surface area contributed by atoms with Crippen molar-refractivity contribution in [2.24, 2.45) is 0 Å². The lowest BCUT2D eigenvalue weighted by atomic mass is 9.82. The van der Waals surface area contributed by atoms with Gasteiger partial charge in [-0.1, -0.05) is 5.57 Å². The average molecular weight is 619 g/mol. The number of methoxy groups -OCH3 is 4. The monoisotopic (exact) mass is 618 g/mol. The first-order chi connectivity index (χ1) is 20.9. The first-order valence-corrected chi connectivity index (χ1v) is 14.3. The number of rotatable bonds is 8. The maximum atomic E-state index is 14.2. The van der Waals surface area contributed by atoms with E-state index in [0.717, 1.165) is 0 Å². The molecule has 0 unspecified atom stereocenters. The standard InChI is InChI=1S/C32H26O11S/c1-10-7-12-17-20-22-18(26(37)30(42-5)23(20)16(10)11(2)33)13(34)8-14(40-3)19(22)24-21(17)25(27(38)29(12)41-4)28(39)32(31(24)43-6)44-9-15(35)36/h8,37-38H,7,9H2,1-6H3,(H,35,36). The fourth-order valence-corrected chi connectivity index (χ4v) is 7.59. The summed E-state index contributed by atoms with van der Waals surface area (Å²) in [6.07, 6.45) is 0.0893. The number of ketones is 1. The zero-order valence-corrected chi connectivity index (χ0v) is 25.3. The molecular weight excluding hydrogens is 592 g/mol. The van der Waals surface area contributed by atoms with Gasteiger partial charge >= 0.3 is 5.97 Å². The van der Waals surface area contributed by atoms with Gasteiger partial charge in [0.15, 0.2) is 34.2 Å². The molecular formula is C32H26O11S. The van der Waals surface area contributed by atoms with E-state index < -0.39 is 34.1 Å². The average Bonchev–Trinajstić information content (AvgIpc) is 3.10. The van der Waals surface area contributed by atoms with Crippen molar-refractivity contribution < 1.29 is 43.9 Å². The molecule has 1 aliphatic rings. The molecule has 0 amide bonds. The highest BCUT2D eigenvalue weighted by atomic mass is 32.2. The van der Waals surface area contributed by atoms with Crippen LogP contribution in [-0.2, 0) is 16.0 Å². The quantitative estimate of drug-likeness (QED) is 0.127. The number of thioether (sulfide) groups is 1. The summed E-state index contributed by atoms with van der Waals surface area (Å²) in [5.41, 5.74) is 0.136. The van der Waals surface area contributed by atoms with E-state index in [2.05, 4.69) is 0 Å². The zero-order valence-electron chi connectivity index (χ0n) is 24.5. The summed E-state index contributed by atoms with van der Waals surface area (Å²) in [6, 6.07) is 1.18. The van der Waals surface area contributed by atoms with Gasteiger partial charge < -0.3 is 34.3 Å². The van der Waals surface area contributed by atoms with Crippen LogP contribution in [0.3, 0.4) is 0 Å². The highest BCUT2D eigenvalue weighted by Gasteiger charge is 2.37. The third-order valence-electron chi connectivity index (χ3n) is 8.22. The Hall–Kier alpha value is -4.97. The fourth-order valence-electron chi connectivity index (χ4n) is 6.77. The molecule has 0 heterocycles. The van der Waals surface area contributed by atoms with Crippen LogP contribution >= 0.6 is 11.8 Å². The highest BCUT2D eigenvalue weighted by molar-refractivity contribution is 8.00. The predicted molar refractivity (Wildman–Crippen MR) is 166 cm³/mol. The highest BCUT2D eigenvalue weighted by Crippen LogP contribution is 2.58. The van der Waals surface area contributed by atoms with E-state index in [1.807, 2.05) is 0 Å². The molecule has 0 fully saturated rings. The van der Waals surface area contributed by atoms with Crippen LogP contribution < -0.4 is 29.8 Å². The van der Waals surface area contributed by atoms with Crippen LogP contribution in [0.5, 0.6) is 34.5 Å². The Labute approximate surface area is 252 Å². The van der Waals surface area contributed by atoms with Crippen LogP contribution in [0.4, 0.5) is 0 Å². The molecule has 3 N–H and O–H groups in total. The Bertz CT molecular complexity index is 2270. The van der Waals surface area contributed by atoms with E-state index in [9.17, 15) is 34.5 Å². The van der Waals surface area contributed by atoms with Crippen molar-refractivity contribution in [2.75, 3.05) is 34.2 Å². The summed E-state index contributed by atoms with van der Waals surface area (Å²) >= 11 is 0.716. The number of phenols is 2. The molecule has 11 nitrogen and oxygen atoms in total. The number of Topliss-reactive ketones (excluding diaryl/α,β-unsaturated/α-hetero) is 1. The number of hydrogen-bond acceptors (Lipinski definition) is 11. The molecule has 0 spiro atoms. The minimum Gasteiger partial charge on any atom is -0.504 e. The van der Waals surface area contributed by atoms with E-state index >= 15 is 0 Å². The second kappa shape index (κ2) is 10.1. The minimum absolute atomic E-state index is 0.00185. The normalized spacial score (nSPS) is 13.0. The van der Waals surface area contributed by atoms with Crippen molar-refractivity contribution in [3.8, 4) is 34.5 Å². The van der Waals surface area contributed by atoms with Crippen molar-refractivity contribution in [3.05, 3.63) is 43.2 Å². The summed E-state index contributed by atoms with van der Waals surface area (Å²) in [5, 5.41) is 34.1. The van der Waals surface area contributed by atoms with Gasteiger partial charge in [-0.05, 0) is 25.7 Å². The molecule has 44 heavy (non-hydrogen) atoms. The van der Waals surface area contributed by atoms with E-state index in [-0.39, 0.29) is 83.6 Å². The second-order valence-corrected chi connectivity index (χ2v) is 11.4. The van der Waals surface area contributed by atoms with Crippen LogP contribution in [0.2, 0.25) is 0 Å². The van der Waals surface area contributed by atoms with E-state index in [4.69, 9.17) is 18.9 Å². The van der Waals surface area contributed by atoms with Crippen LogP contribution in [-0.4, -0.2) is 61.3 Å². The number of phenolic OH excluding ortho intramolecular Hbond substituents is 2.